The molecule has 0 fully saturated rings. The van der Waals surface area contributed by atoms with Crippen molar-refractivity contribution in [3.05, 3.63) is 66.2 Å². The van der Waals surface area contributed by atoms with Crippen LogP contribution in [0.2, 0.25) is 0 Å². The van der Waals surface area contributed by atoms with E-state index < -0.39 is 0 Å². The Balaban J connectivity index is 1.96. The van der Waals surface area contributed by atoms with Crippen LogP contribution < -0.4 is 5.01 Å². The number of aldehydes is 1. The van der Waals surface area contributed by atoms with E-state index in [1.54, 1.807) is 5.01 Å². The summed E-state index contributed by atoms with van der Waals surface area (Å²) < 4.78 is 0. The van der Waals surface area contributed by atoms with E-state index in [0.717, 1.165) is 23.2 Å². The van der Waals surface area contributed by atoms with Gasteiger partial charge in [0.1, 0.15) is 12.3 Å². The van der Waals surface area contributed by atoms with Crippen molar-refractivity contribution >= 4 is 17.7 Å². The normalized spacial score (nSPS) is 18.2. The second-order valence-electron chi connectivity index (χ2n) is 4.50. The van der Waals surface area contributed by atoms with E-state index in [4.69, 9.17) is 0 Å². The summed E-state index contributed by atoms with van der Waals surface area (Å²) in [5, 5.41) is 6.40. The van der Waals surface area contributed by atoms with Crippen molar-refractivity contribution in [2.45, 2.75) is 12.5 Å². The Morgan fingerprint density at radius 1 is 1.00 bits per heavy atom. The lowest BCUT2D eigenvalue weighted by Gasteiger charge is -2.18. The zero-order valence-electron chi connectivity index (χ0n) is 10.4. The number of hydrazone groups is 1. The van der Waals surface area contributed by atoms with E-state index in [2.05, 4.69) is 5.10 Å². The lowest BCUT2D eigenvalue weighted by atomic mass is 10.0. The Morgan fingerprint density at radius 3 is 2.26 bits per heavy atom. The van der Waals surface area contributed by atoms with Crippen LogP contribution in [0.1, 0.15) is 12.0 Å². The summed E-state index contributed by atoms with van der Waals surface area (Å²) in [4.78, 5) is 11.3. The quantitative estimate of drug-likeness (QED) is 0.785. The summed E-state index contributed by atoms with van der Waals surface area (Å²) >= 11 is 0. The molecule has 2 aromatic rings. The predicted molar refractivity (Wildman–Crippen MR) is 76.4 cm³/mol. The van der Waals surface area contributed by atoms with Gasteiger partial charge in [-0.15, -0.1) is 0 Å². The van der Waals surface area contributed by atoms with Crippen molar-refractivity contribution in [3.63, 3.8) is 0 Å². The Morgan fingerprint density at radius 2 is 1.63 bits per heavy atom. The molecule has 0 radical (unpaired) electrons. The molecule has 0 bridgehead atoms. The van der Waals surface area contributed by atoms with Crippen molar-refractivity contribution in [2.24, 2.45) is 5.10 Å². The molecule has 0 saturated heterocycles. The van der Waals surface area contributed by atoms with Crippen LogP contribution in [0.5, 0.6) is 0 Å². The fourth-order valence-corrected chi connectivity index (χ4v) is 2.27. The number of para-hydroxylation sites is 1. The van der Waals surface area contributed by atoms with Gasteiger partial charge in [0.15, 0.2) is 0 Å². The molecule has 1 aliphatic heterocycles. The number of benzene rings is 2. The molecule has 1 atom stereocenters. The first kappa shape index (κ1) is 11.7. The van der Waals surface area contributed by atoms with Gasteiger partial charge in [0, 0.05) is 6.42 Å². The van der Waals surface area contributed by atoms with E-state index in [9.17, 15) is 4.79 Å². The average molecular weight is 250 g/mol. The third kappa shape index (κ3) is 2.27. The third-order valence-electron chi connectivity index (χ3n) is 3.23. The van der Waals surface area contributed by atoms with Crippen molar-refractivity contribution in [1.82, 2.24) is 0 Å². The SMILES string of the molecule is O=CC1CC(c2ccccc2)=NN1c1ccccc1. The predicted octanol–water partition coefficient (Wildman–Crippen LogP) is 2.87. The fourth-order valence-electron chi connectivity index (χ4n) is 2.27. The molecular formula is C16H14N2O. The van der Waals surface area contributed by atoms with Crippen LogP contribution in [-0.2, 0) is 4.79 Å². The first-order valence-corrected chi connectivity index (χ1v) is 6.31. The van der Waals surface area contributed by atoms with Crippen molar-refractivity contribution < 1.29 is 4.79 Å². The van der Waals surface area contributed by atoms with Crippen LogP contribution in [0.4, 0.5) is 5.69 Å². The van der Waals surface area contributed by atoms with Crippen molar-refractivity contribution in [3.8, 4) is 0 Å². The Hall–Kier alpha value is -2.42. The summed E-state index contributed by atoms with van der Waals surface area (Å²) in [6.45, 7) is 0. The molecule has 0 aliphatic carbocycles. The van der Waals surface area contributed by atoms with Gasteiger partial charge < -0.3 is 4.79 Å². The molecule has 94 valence electrons. The zero-order chi connectivity index (χ0) is 13.1. The molecule has 0 saturated carbocycles. The Bertz CT molecular complexity index is 593. The van der Waals surface area contributed by atoms with Gasteiger partial charge in [0.2, 0.25) is 0 Å². The van der Waals surface area contributed by atoms with Gasteiger partial charge >= 0.3 is 0 Å². The number of carbonyl (C=O) groups is 1. The van der Waals surface area contributed by atoms with Crippen molar-refractivity contribution in [2.75, 3.05) is 5.01 Å². The lowest BCUT2D eigenvalue weighted by Crippen LogP contribution is -2.27. The second kappa shape index (κ2) is 5.06. The number of carbonyl (C=O) groups excluding carboxylic acids is 1. The summed E-state index contributed by atoms with van der Waals surface area (Å²) in [6.07, 6.45) is 1.62. The molecule has 2 aromatic carbocycles. The monoisotopic (exact) mass is 250 g/mol. The van der Waals surface area contributed by atoms with E-state index in [1.165, 1.54) is 0 Å². The average Bonchev–Trinajstić information content (AvgIpc) is 2.93. The van der Waals surface area contributed by atoms with Crippen LogP contribution in [0.15, 0.2) is 65.8 Å². The maximum absolute atomic E-state index is 11.3. The maximum atomic E-state index is 11.3. The Labute approximate surface area is 112 Å². The fraction of sp³-hybridized carbons (Fsp3) is 0.125. The van der Waals surface area contributed by atoms with Crippen molar-refractivity contribution in [1.29, 1.82) is 0 Å². The molecule has 3 heteroatoms. The maximum Gasteiger partial charge on any atom is 0.144 e. The molecule has 0 amide bonds. The minimum Gasteiger partial charge on any atom is -0.301 e. The standard InChI is InChI=1S/C16H14N2O/c19-12-15-11-16(13-7-3-1-4-8-13)17-18(15)14-9-5-2-6-10-14/h1-10,12,15H,11H2. The van der Waals surface area contributed by atoms with Crippen LogP contribution in [0.25, 0.3) is 0 Å². The summed E-state index contributed by atoms with van der Waals surface area (Å²) in [5.41, 5.74) is 2.99. The number of anilines is 1. The highest BCUT2D eigenvalue weighted by Gasteiger charge is 2.27. The molecular weight excluding hydrogens is 236 g/mol. The highest BCUT2D eigenvalue weighted by atomic mass is 16.1. The number of rotatable bonds is 3. The van der Waals surface area contributed by atoms with Gasteiger partial charge in [-0.3, -0.25) is 5.01 Å². The third-order valence-corrected chi connectivity index (χ3v) is 3.23. The molecule has 0 N–H and O–H groups in total. The molecule has 1 heterocycles. The number of hydrogen-bond acceptors (Lipinski definition) is 3. The lowest BCUT2D eigenvalue weighted by molar-refractivity contribution is -0.108. The molecule has 1 aliphatic rings. The van der Waals surface area contributed by atoms with Gasteiger partial charge in [0.05, 0.1) is 11.4 Å². The van der Waals surface area contributed by atoms with Gasteiger partial charge in [-0.25, -0.2) is 0 Å². The minimum absolute atomic E-state index is 0.211. The smallest absolute Gasteiger partial charge is 0.144 e. The second-order valence-corrected chi connectivity index (χ2v) is 4.50. The van der Waals surface area contributed by atoms with Gasteiger partial charge in [-0.05, 0) is 17.7 Å². The minimum atomic E-state index is -0.211. The Kier molecular flexibility index (Phi) is 3.11. The number of nitrogens with zero attached hydrogens (tertiary/aromatic N) is 2. The summed E-state index contributed by atoms with van der Waals surface area (Å²) in [5.74, 6) is 0. The molecule has 19 heavy (non-hydrogen) atoms. The van der Waals surface area contributed by atoms with Gasteiger partial charge in [-0.2, -0.15) is 5.10 Å². The van der Waals surface area contributed by atoms with Crippen LogP contribution in [-0.4, -0.2) is 18.0 Å². The largest absolute Gasteiger partial charge is 0.301 e. The van der Waals surface area contributed by atoms with Crippen LogP contribution in [0, 0.1) is 0 Å². The summed E-state index contributed by atoms with van der Waals surface area (Å²) in [6, 6.07) is 19.6. The first-order valence-electron chi connectivity index (χ1n) is 6.31. The zero-order valence-corrected chi connectivity index (χ0v) is 10.4. The first-order chi connectivity index (χ1) is 9.38. The highest BCUT2D eigenvalue weighted by molar-refractivity contribution is 6.05. The number of hydrogen-bond donors (Lipinski definition) is 0. The van der Waals surface area contributed by atoms with E-state index in [1.807, 2.05) is 60.7 Å². The van der Waals surface area contributed by atoms with Gasteiger partial charge in [0.25, 0.3) is 0 Å². The molecule has 0 aromatic heterocycles. The summed E-state index contributed by atoms with van der Waals surface area (Å²) in [7, 11) is 0. The molecule has 1 unspecified atom stereocenters. The molecule has 0 spiro atoms. The van der Waals surface area contributed by atoms with E-state index in [-0.39, 0.29) is 6.04 Å². The van der Waals surface area contributed by atoms with Crippen LogP contribution >= 0.6 is 0 Å². The topological polar surface area (TPSA) is 32.7 Å². The molecule has 3 nitrogen and oxygen atoms in total. The van der Waals surface area contributed by atoms with Crippen LogP contribution in [0.3, 0.4) is 0 Å². The molecule has 3 rings (SSSR count). The van der Waals surface area contributed by atoms with E-state index in [0.29, 0.717) is 6.42 Å². The van der Waals surface area contributed by atoms with E-state index >= 15 is 0 Å². The highest BCUT2D eigenvalue weighted by Crippen LogP contribution is 2.25. The van der Waals surface area contributed by atoms with Gasteiger partial charge in [-0.1, -0.05) is 48.5 Å².